The number of hydrogen-bond acceptors (Lipinski definition) is 6. The zero-order valence-electron chi connectivity index (χ0n) is 13.6. The van der Waals surface area contributed by atoms with E-state index < -0.39 is 15.8 Å². The lowest BCUT2D eigenvalue weighted by molar-refractivity contribution is -0.145. The Morgan fingerprint density at radius 1 is 1.28 bits per heavy atom. The van der Waals surface area contributed by atoms with Crippen LogP contribution in [0.2, 0.25) is 5.02 Å². The molecule has 1 aromatic rings. The summed E-state index contributed by atoms with van der Waals surface area (Å²) < 4.78 is 27.6. The van der Waals surface area contributed by atoms with Crippen LogP contribution in [0.25, 0.3) is 0 Å². The molecule has 138 valence electrons. The Morgan fingerprint density at radius 3 is 2.64 bits per heavy atom. The number of hydrogen-bond donors (Lipinski definition) is 1. The molecule has 25 heavy (non-hydrogen) atoms. The topological polar surface area (TPSA) is 89.5 Å². The first kappa shape index (κ1) is 20.1. The van der Waals surface area contributed by atoms with E-state index in [0.717, 1.165) is 5.56 Å². The van der Waals surface area contributed by atoms with E-state index in [1.165, 1.54) is 11.8 Å². The maximum Gasteiger partial charge on any atom is 0.316 e. The normalized spacial score (nSPS) is 18.7. The smallest absolute Gasteiger partial charge is 0.316 e. The van der Waals surface area contributed by atoms with Gasteiger partial charge in [0.25, 0.3) is 5.91 Å². The van der Waals surface area contributed by atoms with Crippen molar-refractivity contribution in [2.24, 2.45) is 0 Å². The lowest BCUT2D eigenvalue weighted by atomic mass is 10.1. The van der Waals surface area contributed by atoms with Crippen molar-refractivity contribution in [1.82, 2.24) is 5.32 Å². The Kier molecular flexibility index (Phi) is 7.58. The van der Waals surface area contributed by atoms with Gasteiger partial charge in [0.2, 0.25) is 0 Å². The molecule has 1 aliphatic heterocycles. The van der Waals surface area contributed by atoms with Crippen LogP contribution >= 0.6 is 23.4 Å². The Bertz CT molecular complexity index is 706. The number of nitrogens with one attached hydrogen (secondary N) is 1. The molecule has 0 unspecified atom stereocenters. The van der Waals surface area contributed by atoms with Crippen LogP contribution in [0.5, 0.6) is 0 Å². The van der Waals surface area contributed by atoms with Gasteiger partial charge in [-0.3, -0.25) is 9.59 Å². The van der Waals surface area contributed by atoms with Gasteiger partial charge in [0.1, 0.15) is 0 Å². The first-order valence-electron chi connectivity index (χ1n) is 7.83. The number of ether oxygens (including phenoxy) is 1. The van der Waals surface area contributed by atoms with Gasteiger partial charge in [-0.05, 0) is 30.5 Å². The number of carbonyl (C=O) groups is 2. The lowest BCUT2D eigenvalue weighted by Gasteiger charge is -2.08. The molecule has 1 heterocycles. The highest BCUT2D eigenvalue weighted by molar-refractivity contribution is 8.02. The largest absolute Gasteiger partial charge is 0.455 e. The number of thioether (sulfide) groups is 1. The Labute approximate surface area is 156 Å². The molecule has 9 heteroatoms. The van der Waals surface area contributed by atoms with Crippen molar-refractivity contribution in [3.8, 4) is 0 Å². The quantitative estimate of drug-likeness (QED) is 0.658. The molecule has 1 saturated heterocycles. The van der Waals surface area contributed by atoms with E-state index in [2.05, 4.69) is 5.32 Å². The van der Waals surface area contributed by atoms with E-state index in [0.29, 0.717) is 24.4 Å². The molecule has 0 spiro atoms. The average Bonchev–Trinajstić information content (AvgIpc) is 2.92. The molecular formula is C16H20ClNO5S2. The third-order valence-corrected chi connectivity index (χ3v) is 7.15. The molecule has 0 saturated carbocycles. The monoisotopic (exact) mass is 405 g/mol. The second-order valence-electron chi connectivity index (χ2n) is 5.72. The number of carbonyl (C=O) groups excluding carboxylic acids is 2. The lowest BCUT2D eigenvalue weighted by Crippen LogP contribution is -2.30. The van der Waals surface area contributed by atoms with Crippen LogP contribution in [0, 0.1) is 0 Å². The van der Waals surface area contributed by atoms with Gasteiger partial charge in [-0.15, -0.1) is 11.8 Å². The van der Waals surface area contributed by atoms with Crippen LogP contribution in [-0.4, -0.2) is 56.0 Å². The number of esters is 1. The summed E-state index contributed by atoms with van der Waals surface area (Å²) in [6, 6.07) is 7.34. The number of rotatable bonds is 8. The molecule has 1 N–H and O–H groups in total. The molecule has 0 aromatic heterocycles. The Hall–Kier alpha value is -1.25. The highest BCUT2D eigenvalue weighted by Crippen LogP contribution is 2.24. The van der Waals surface area contributed by atoms with Gasteiger partial charge in [0.05, 0.1) is 17.3 Å². The van der Waals surface area contributed by atoms with Crippen molar-refractivity contribution in [2.75, 3.05) is 30.4 Å². The SMILES string of the molecule is O=C(COC(=O)CS[C@@H]1CCS(=O)(=O)C1)NCCc1ccc(Cl)cc1. The van der Waals surface area contributed by atoms with Crippen molar-refractivity contribution in [3.05, 3.63) is 34.9 Å². The van der Waals surface area contributed by atoms with Gasteiger partial charge in [-0.1, -0.05) is 23.7 Å². The van der Waals surface area contributed by atoms with Crippen molar-refractivity contribution >= 4 is 45.1 Å². The number of benzene rings is 1. The van der Waals surface area contributed by atoms with Crippen molar-refractivity contribution in [1.29, 1.82) is 0 Å². The van der Waals surface area contributed by atoms with E-state index in [9.17, 15) is 18.0 Å². The average molecular weight is 406 g/mol. The Balaban J connectivity index is 1.56. The Morgan fingerprint density at radius 2 is 2.00 bits per heavy atom. The van der Waals surface area contributed by atoms with Gasteiger partial charge in [0, 0.05) is 16.8 Å². The summed E-state index contributed by atoms with van der Waals surface area (Å²) in [6.07, 6.45) is 1.22. The summed E-state index contributed by atoms with van der Waals surface area (Å²) in [5, 5.41) is 3.27. The van der Waals surface area contributed by atoms with Crippen LogP contribution in [0.15, 0.2) is 24.3 Å². The molecule has 0 bridgehead atoms. The first-order valence-corrected chi connectivity index (χ1v) is 11.1. The summed E-state index contributed by atoms with van der Waals surface area (Å²) in [5.74, 6) is -0.540. The fourth-order valence-corrected chi connectivity index (χ4v) is 5.88. The minimum Gasteiger partial charge on any atom is -0.455 e. The first-order chi connectivity index (χ1) is 11.8. The van der Waals surface area contributed by atoms with E-state index in [4.69, 9.17) is 16.3 Å². The molecule has 6 nitrogen and oxygen atoms in total. The summed E-state index contributed by atoms with van der Waals surface area (Å²) in [5.41, 5.74) is 1.05. The minimum atomic E-state index is -2.95. The van der Waals surface area contributed by atoms with E-state index in [1.54, 1.807) is 12.1 Å². The minimum absolute atomic E-state index is 0.0538. The maximum absolute atomic E-state index is 11.6. The summed E-state index contributed by atoms with van der Waals surface area (Å²) in [4.78, 5) is 23.2. The summed E-state index contributed by atoms with van der Waals surface area (Å²) in [7, 11) is -2.95. The predicted molar refractivity (Wildman–Crippen MR) is 98.6 cm³/mol. The fourth-order valence-electron chi connectivity index (χ4n) is 2.31. The standard InChI is InChI=1S/C16H20ClNO5S2/c17-13-3-1-12(2-4-13)5-7-18-15(19)9-23-16(20)10-24-14-6-8-25(21,22)11-14/h1-4,14H,5-11H2,(H,18,19)/t14-/m1/s1. The molecule has 1 atom stereocenters. The van der Waals surface area contributed by atoms with Crippen molar-refractivity contribution in [2.45, 2.75) is 18.1 Å². The molecule has 1 amide bonds. The second-order valence-corrected chi connectivity index (χ2v) is 9.68. The molecule has 1 aromatic carbocycles. The third kappa shape index (κ3) is 7.66. The summed E-state index contributed by atoms with van der Waals surface area (Å²) in [6.45, 7) is 0.107. The van der Waals surface area contributed by atoms with Crippen LogP contribution in [0.4, 0.5) is 0 Å². The highest BCUT2D eigenvalue weighted by Gasteiger charge is 2.28. The molecular weight excluding hydrogens is 386 g/mol. The summed E-state index contributed by atoms with van der Waals surface area (Å²) >= 11 is 7.06. The zero-order valence-corrected chi connectivity index (χ0v) is 16.0. The van der Waals surface area contributed by atoms with Crippen molar-refractivity contribution in [3.63, 3.8) is 0 Å². The van der Waals surface area contributed by atoms with Crippen LogP contribution < -0.4 is 5.32 Å². The maximum atomic E-state index is 11.6. The van der Waals surface area contributed by atoms with Gasteiger partial charge >= 0.3 is 5.97 Å². The van der Waals surface area contributed by atoms with E-state index >= 15 is 0 Å². The van der Waals surface area contributed by atoms with E-state index in [1.807, 2.05) is 12.1 Å². The fraction of sp³-hybridized carbons (Fsp3) is 0.500. The number of amides is 1. The van der Waals surface area contributed by atoms with E-state index in [-0.39, 0.29) is 35.0 Å². The molecule has 2 rings (SSSR count). The number of sulfone groups is 1. The molecule has 1 aliphatic rings. The van der Waals surface area contributed by atoms with Gasteiger partial charge in [-0.2, -0.15) is 0 Å². The van der Waals surface area contributed by atoms with Gasteiger partial charge in [0.15, 0.2) is 16.4 Å². The predicted octanol–water partition coefficient (Wildman–Crippen LogP) is 1.46. The van der Waals surface area contributed by atoms with Crippen LogP contribution in [0.1, 0.15) is 12.0 Å². The second kappa shape index (κ2) is 9.45. The molecule has 0 aliphatic carbocycles. The third-order valence-electron chi connectivity index (χ3n) is 3.64. The van der Waals surface area contributed by atoms with Crippen molar-refractivity contribution < 1.29 is 22.7 Å². The molecule has 0 radical (unpaired) electrons. The zero-order chi connectivity index (χ0) is 18.3. The highest BCUT2D eigenvalue weighted by atomic mass is 35.5. The van der Waals surface area contributed by atoms with Gasteiger partial charge in [-0.25, -0.2) is 8.42 Å². The number of halogens is 1. The van der Waals surface area contributed by atoms with Crippen LogP contribution in [-0.2, 0) is 30.6 Å². The molecule has 1 fully saturated rings. The van der Waals surface area contributed by atoms with Gasteiger partial charge < -0.3 is 10.1 Å². The van der Waals surface area contributed by atoms with Crippen LogP contribution in [0.3, 0.4) is 0 Å².